The van der Waals surface area contributed by atoms with E-state index in [0.29, 0.717) is 43.9 Å². The molecular formula is C31H52O8. The van der Waals surface area contributed by atoms with Crippen molar-refractivity contribution < 1.29 is 39.5 Å². The summed E-state index contributed by atoms with van der Waals surface area (Å²) in [5.41, 5.74) is -3.14. The van der Waals surface area contributed by atoms with Crippen molar-refractivity contribution >= 4 is 11.9 Å². The van der Waals surface area contributed by atoms with Crippen LogP contribution in [0.25, 0.3) is 0 Å². The Kier molecular flexibility index (Phi) is 8.57. The second-order valence-corrected chi connectivity index (χ2v) is 14.4. The molecular weight excluding hydrogens is 500 g/mol. The number of esters is 2. The summed E-state index contributed by atoms with van der Waals surface area (Å²) >= 11 is 0. The Morgan fingerprint density at radius 2 is 1.74 bits per heavy atom. The highest BCUT2D eigenvalue weighted by molar-refractivity contribution is 5.66. The van der Waals surface area contributed by atoms with Crippen molar-refractivity contribution in [2.75, 3.05) is 6.61 Å². The maximum absolute atomic E-state index is 12.0. The van der Waals surface area contributed by atoms with Crippen LogP contribution in [0.5, 0.6) is 0 Å². The first-order valence-corrected chi connectivity index (χ1v) is 15.2. The molecule has 0 bridgehead atoms. The summed E-state index contributed by atoms with van der Waals surface area (Å²) in [5.74, 6) is 0.367. The Morgan fingerprint density at radius 3 is 2.33 bits per heavy atom. The lowest BCUT2D eigenvalue weighted by Crippen LogP contribution is -2.71. The van der Waals surface area contributed by atoms with Gasteiger partial charge >= 0.3 is 11.9 Å². The van der Waals surface area contributed by atoms with Gasteiger partial charge in [-0.15, -0.1) is 0 Å². The topological polar surface area (TPSA) is 134 Å². The number of carbonyl (C=O) groups excluding carboxylic acids is 2. The standard InChI is InChI=1S/C31H52O8/c1-18(26(39-20(3)34)11-12-28(4,5)36)23-7-8-24-22-15-27(35)31(37)16-21(38-19(2)33)9-14-30(31,17-32)25(22)10-13-29(23,24)6/h18,21-27,32,35-37H,7-17H2,1-6H3. The van der Waals surface area contributed by atoms with Crippen LogP contribution in [0.3, 0.4) is 0 Å². The monoisotopic (exact) mass is 552 g/mol. The van der Waals surface area contributed by atoms with E-state index in [1.807, 2.05) is 0 Å². The predicted octanol–water partition coefficient (Wildman–Crippen LogP) is 3.75. The number of aliphatic hydroxyl groups excluding tert-OH is 2. The second kappa shape index (κ2) is 10.9. The molecule has 11 unspecified atom stereocenters. The van der Waals surface area contributed by atoms with Crippen molar-refractivity contribution in [2.45, 2.75) is 135 Å². The first-order chi connectivity index (χ1) is 18.1. The third kappa shape index (κ3) is 5.40. The van der Waals surface area contributed by atoms with Crippen LogP contribution < -0.4 is 0 Å². The molecule has 0 radical (unpaired) electrons. The van der Waals surface area contributed by atoms with Gasteiger partial charge in [0.15, 0.2) is 0 Å². The van der Waals surface area contributed by atoms with E-state index in [4.69, 9.17) is 9.47 Å². The fraction of sp³-hybridized carbons (Fsp3) is 0.935. The van der Waals surface area contributed by atoms with Crippen molar-refractivity contribution in [1.29, 1.82) is 0 Å². The normalized spacial score (nSPS) is 43.4. The lowest BCUT2D eigenvalue weighted by molar-refractivity contribution is -0.282. The smallest absolute Gasteiger partial charge is 0.302 e. The number of carbonyl (C=O) groups is 2. The number of aliphatic hydroxyl groups is 4. The van der Waals surface area contributed by atoms with Gasteiger partial charge in [-0.25, -0.2) is 0 Å². The number of fused-ring (bicyclic) bond motifs is 5. The molecule has 0 amide bonds. The highest BCUT2D eigenvalue weighted by Gasteiger charge is 2.69. The molecule has 4 saturated carbocycles. The van der Waals surface area contributed by atoms with Gasteiger partial charge in [-0.05, 0) is 107 Å². The van der Waals surface area contributed by atoms with Gasteiger partial charge in [0.2, 0.25) is 0 Å². The van der Waals surface area contributed by atoms with Crippen molar-refractivity contribution in [2.24, 2.45) is 40.4 Å². The van der Waals surface area contributed by atoms with E-state index < -0.39 is 34.8 Å². The summed E-state index contributed by atoms with van der Waals surface area (Å²) in [6.45, 7) is 10.7. The van der Waals surface area contributed by atoms with E-state index in [2.05, 4.69) is 13.8 Å². The zero-order chi connectivity index (χ0) is 29.0. The number of hydrogen-bond donors (Lipinski definition) is 4. The fourth-order valence-electron chi connectivity index (χ4n) is 9.99. The number of hydrogen-bond acceptors (Lipinski definition) is 8. The van der Waals surface area contributed by atoms with Gasteiger partial charge in [-0.2, -0.15) is 0 Å². The van der Waals surface area contributed by atoms with Crippen LogP contribution in [0.15, 0.2) is 0 Å². The van der Waals surface area contributed by atoms with Crippen molar-refractivity contribution in [3.8, 4) is 0 Å². The van der Waals surface area contributed by atoms with E-state index >= 15 is 0 Å². The number of ether oxygens (including phenoxy) is 2. The molecule has 224 valence electrons. The summed E-state index contributed by atoms with van der Waals surface area (Å²) < 4.78 is 11.3. The predicted molar refractivity (Wildman–Crippen MR) is 145 cm³/mol. The van der Waals surface area contributed by atoms with Crippen LogP contribution in [0.4, 0.5) is 0 Å². The summed E-state index contributed by atoms with van der Waals surface area (Å²) in [6.07, 6.45) is 4.99. The van der Waals surface area contributed by atoms with Crippen LogP contribution in [0, 0.1) is 40.4 Å². The van der Waals surface area contributed by atoms with Gasteiger partial charge in [0.1, 0.15) is 17.8 Å². The first-order valence-electron chi connectivity index (χ1n) is 15.2. The van der Waals surface area contributed by atoms with Gasteiger partial charge in [0.05, 0.1) is 18.3 Å². The van der Waals surface area contributed by atoms with Crippen LogP contribution in [-0.4, -0.2) is 68.5 Å². The Hall–Kier alpha value is -1.22. The SMILES string of the molecule is CC(=O)OC1CCC2(CO)C3CCC4(C)C(C(C)C(CCC(C)(C)O)OC(C)=O)CCC4C3CC(O)C2(O)C1. The fourth-order valence-corrected chi connectivity index (χ4v) is 9.99. The molecule has 4 N–H and O–H groups in total. The molecule has 0 aromatic heterocycles. The molecule has 0 aromatic carbocycles. The lowest BCUT2D eigenvalue weighted by atomic mass is 9.42. The maximum atomic E-state index is 12.0. The molecule has 0 aromatic rings. The van der Waals surface area contributed by atoms with E-state index in [1.54, 1.807) is 13.8 Å². The zero-order valence-electron chi connectivity index (χ0n) is 24.8. The molecule has 4 fully saturated rings. The highest BCUT2D eigenvalue weighted by atomic mass is 16.5. The zero-order valence-corrected chi connectivity index (χ0v) is 24.8. The number of rotatable bonds is 8. The molecule has 8 nitrogen and oxygen atoms in total. The highest BCUT2D eigenvalue weighted by Crippen LogP contribution is 2.69. The van der Waals surface area contributed by atoms with Crippen molar-refractivity contribution in [1.82, 2.24) is 0 Å². The summed E-state index contributed by atoms with van der Waals surface area (Å²) in [6, 6.07) is 0. The van der Waals surface area contributed by atoms with Gasteiger partial charge in [0, 0.05) is 25.7 Å². The average molecular weight is 553 g/mol. The molecule has 4 rings (SSSR count). The van der Waals surface area contributed by atoms with Crippen molar-refractivity contribution in [3.63, 3.8) is 0 Å². The maximum Gasteiger partial charge on any atom is 0.302 e. The molecule has 11 atom stereocenters. The molecule has 4 aliphatic carbocycles. The van der Waals surface area contributed by atoms with Gasteiger partial charge in [0.25, 0.3) is 0 Å². The van der Waals surface area contributed by atoms with Crippen LogP contribution in [-0.2, 0) is 19.1 Å². The summed E-state index contributed by atoms with van der Waals surface area (Å²) in [7, 11) is 0. The van der Waals surface area contributed by atoms with Crippen LogP contribution >= 0.6 is 0 Å². The van der Waals surface area contributed by atoms with Crippen LogP contribution in [0.2, 0.25) is 0 Å². The van der Waals surface area contributed by atoms with Gasteiger partial charge in [-0.3, -0.25) is 9.59 Å². The minimum absolute atomic E-state index is 0.00548. The summed E-state index contributed by atoms with van der Waals surface area (Å²) in [5, 5.41) is 44.6. The molecule has 8 heteroatoms. The van der Waals surface area contributed by atoms with Gasteiger partial charge < -0.3 is 29.9 Å². The molecule has 39 heavy (non-hydrogen) atoms. The van der Waals surface area contributed by atoms with E-state index in [1.165, 1.54) is 13.8 Å². The Bertz CT molecular complexity index is 915. The summed E-state index contributed by atoms with van der Waals surface area (Å²) in [4.78, 5) is 23.6. The molecule has 0 heterocycles. The largest absolute Gasteiger partial charge is 0.462 e. The molecule has 4 aliphatic rings. The Morgan fingerprint density at radius 1 is 1.05 bits per heavy atom. The average Bonchev–Trinajstić information content (AvgIpc) is 3.18. The third-order valence-corrected chi connectivity index (χ3v) is 11.8. The lowest BCUT2D eigenvalue weighted by Gasteiger charge is -2.66. The first kappa shape index (κ1) is 30.7. The minimum atomic E-state index is -1.49. The van der Waals surface area contributed by atoms with Crippen LogP contribution in [0.1, 0.15) is 106 Å². The van der Waals surface area contributed by atoms with E-state index in [9.17, 15) is 30.0 Å². The third-order valence-electron chi connectivity index (χ3n) is 11.8. The van der Waals surface area contributed by atoms with Gasteiger partial charge in [-0.1, -0.05) is 13.8 Å². The minimum Gasteiger partial charge on any atom is -0.462 e. The molecule has 0 spiro atoms. The Balaban J connectivity index is 1.58. The van der Waals surface area contributed by atoms with E-state index in [-0.39, 0.29) is 48.3 Å². The molecule has 0 aliphatic heterocycles. The van der Waals surface area contributed by atoms with E-state index in [0.717, 1.165) is 25.7 Å². The Labute approximate surface area is 233 Å². The quantitative estimate of drug-likeness (QED) is 0.335. The van der Waals surface area contributed by atoms with Crippen molar-refractivity contribution in [3.05, 3.63) is 0 Å². The molecule has 0 saturated heterocycles. The second-order valence-electron chi connectivity index (χ2n) is 14.4.